The molecule has 0 heterocycles. The zero-order valence-electron chi connectivity index (χ0n) is 5.08. The number of allylic oxidation sites excluding steroid dienone is 4. The molecule has 0 bridgehead atoms. The molecule has 2 N–H and O–H groups in total. The molecule has 48 valence electrons. The fraction of sp³-hybridized carbons (Fsp3) is 0. The maximum Gasteiger partial charge on any atom is 0.241 e. The predicted octanol–water partition coefficient (Wildman–Crippen LogP) is 0.770. The van der Waals surface area contributed by atoms with Gasteiger partial charge in [-0.2, -0.15) is 0 Å². The van der Waals surface area contributed by atoms with Gasteiger partial charge in [0.1, 0.15) is 0 Å². The van der Waals surface area contributed by atoms with E-state index in [9.17, 15) is 4.79 Å². The molecular weight excluding hydrogens is 114 g/mol. The van der Waals surface area contributed by atoms with E-state index in [1.165, 1.54) is 6.08 Å². The summed E-state index contributed by atoms with van der Waals surface area (Å²) in [5, 5.41) is 0. The van der Waals surface area contributed by atoms with Gasteiger partial charge in [0.2, 0.25) is 5.91 Å². The molecule has 0 aliphatic heterocycles. The molecule has 0 radical (unpaired) electrons. The third-order valence-electron chi connectivity index (χ3n) is 0.619. The van der Waals surface area contributed by atoms with Crippen molar-refractivity contribution in [2.75, 3.05) is 0 Å². The lowest BCUT2D eigenvalue weighted by Gasteiger charge is -1.73. The Kier molecular flexibility index (Phi) is 4.14. The van der Waals surface area contributed by atoms with E-state index in [1.54, 1.807) is 24.3 Å². The molecule has 0 atom stereocenters. The molecule has 0 aromatic carbocycles. The number of nitrogens with two attached hydrogens (primary N) is 1. The van der Waals surface area contributed by atoms with Gasteiger partial charge in [0.05, 0.1) is 0 Å². The average molecular weight is 123 g/mol. The summed E-state index contributed by atoms with van der Waals surface area (Å²) < 4.78 is 0. The minimum Gasteiger partial charge on any atom is -0.366 e. The van der Waals surface area contributed by atoms with Crippen LogP contribution in [0.2, 0.25) is 0 Å². The maximum atomic E-state index is 10.0. The molecule has 0 saturated carbocycles. The molecule has 0 aromatic heterocycles. The van der Waals surface area contributed by atoms with E-state index >= 15 is 0 Å². The Balaban J connectivity index is 3.59. The first-order valence-electron chi connectivity index (χ1n) is 2.52. The van der Waals surface area contributed by atoms with E-state index in [2.05, 4.69) is 6.58 Å². The van der Waals surface area contributed by atoms with E-state index in [-0.39, 0.29) is 0 Å². The molecule has 9 heavy (non-hydrogen) atoms. The van der Waals surface area contributed by atoms with Gasteiger partial charge in [0.25, 0.3) is 0 Å². The SMILES string of the molecule is C=C/C=C\C=C\C(N)=O. The van der Waals surface area contributed by atoms with Crippen LogP contribution in [-0.4, -0.2) is 5.91 Å². The standard InChI is InChI=1S/C7H9NO/c1-2-3-4-5-6-7(8)9/h2-6H,1H2,(H2,8,9)/b4-3-,6-5+. The lowest BCUT2D eigenvalue weighted by molar-refractivity contribution is -0.113. The van der Waals surface area contributed by atoms with E-state index in [0.717, 1.165) is 0 Å². The van der Waals surface area contributed by atoms with Crippen LogP contribution in [0.5, 0.6) is 0 Å². The third-order valence-corrected chi connectivity index (χ3v) is 0.619. The smallest absolute Gasteiger partial charge is 0.241 e. The van der Waals surface area contributed by atoms with Crippen LogP contribution in [0.25, 0.3) is 0 Å². The van der Waals surface area contributed by atoms with Gasteiger partial charge in [-0.1, -0.05) is 30.9 Å². The first-order valence-corrected chi connectivity index (χ1v) is 2.52. The number of carbonyl (C=O) groups is 1. The van der Waals surface area contributed by atoms with Gasteiger partial charge in [-0.3, -0.25) is 4.79 Å². The van der Waals surface area contributed by atoms with Gasteiger partial charge < -0.3 is 5.73 Å². The molecule has 0 aliphatic rings. The quantitative estimate of drug-likeness (QED) is 0.437. The van der Waals surface area contributed by atoms with Crippen molar-refractivity contribution in [1.29, 1.82) is 0 Å². The number of amides is 1. The Morgan fingerprint density at radius 3 is 2.44 bits per heavy atom. The molecule has 0 rings (SSSR count). The van der Waals surface area contributed by atoms with E-state index in [1.807, 2.05) is 0 Å². The second kappa shape index (κ2) is 4.84. The summed E-state index contributed by atoms with van der Waals surface area (Å²) in [6.07, 6.45) is 7.84. The van der Waals surface area contributed by atoms with Crippen LogP contribution < -0.4 is 5.73 Å². The van der Waals surface area contributed by atoms with E-state index in [4.69, 9.17) is 5.73 Å². The van der Waals surface area contributed by atoms with Crippen molar-refractivity contribution in [3.8, 4) is 0 Å². The van der Waals surface area contributed by atoms with Crippen molar-refractivity contribution in [2.45, 2.75) is 0 Å². The summed E-state index contributed by atoms with van der Waals surface area (Å²) in [4.78, 5) is 10.0. The van der Waals surface area contributed by atoms with Gasteiger partial charge in [-0.15, -0.1) is 0 Å². The van der Waals surface area contributed by atoms with Crippen LogP contribution in [0.4, 0.5) is 0 Å². The molecule has 0 fully saturated rings. The molecule has 0 unspecified atom stereocenters. The van der Waals surface area contributed by atoms with Crippen molar-refractivity contribution in [3.05, 3.63) is 37.0 Å². The Morgan fingerprint density at radius 1 is 1.33 bits per heavy atom. The molecule has 2 heteroatoms. The normalized spacial score (nSPS) is 10.7. The highest BCUT2D eigenvalue weighted by molar-refractivity contribution is 5.85. The summed E-state index contributed by atoms with van der Waals surface area (Å²) in [6, 6.07) is 0. The lowest BCUT2D eigenvalue weighted by Crippen LogP contribution is -2.04. The van der Waals surface area contributed by atoms with Crippen LogP contribution >= 0.6 is 0 Å². The minimum absolute atomic E-state index is 0.441. The van der Waals surface area contributed by atoms with Crippen molar-refractivity contribution in [2.24, 2.45) is 5.73 Å². The Labute approximate surface area is 54.4 Å². The van der Waals surface area contributed by atoms with Crippen LogP contribution in [0.1, 0.15) is 0 Å². The van der Waals surface area contributed by atoms with Crippen molar-refractivity contribution in [1.82, 2.24) is 0 Å². The van der Waals surface area contributed by atoms with Gasteiger partial charge >= 0.3 is 0 Å². The number of primary amides is 1. The van der Waals surface area contributed by atoms with Gasteiger partial charge in [-0.05, 0) is 0 Å². The summed E-state index contributed by atoms with van der Waals surface area (Å²) >= 11 is 0. The highest BCUT2D eigenvalue weighted by atomic mass is 16.1. The highest BCUT2D eigenvalue weighted by Crippen LogP contribution is 1.75. The van der Waals surface area contributed by atoms with Gasteiger partial charge in [-0.25, -0.2) is 0 Å². The average Bonchev–Trinajstić information content (AvgIpc) is 1.80. The van der Waals surface area contributed by atoms with Crippen LogP contribution in [-0.2, 0) is 4.79 Å². The molecule has 2 nitrogen and oxygen atoms in total. The summed E-state index contributed by atoms with van der Waals surface area (Å²) in [5.41, 5.74) is 4.79. The topological polar surface area (TPSA) is 43.1 Å². The van der Waals surface area contributed by atoms with Crippen LogP contribution in [0, 0.1) is 0 Å². The fourth-order valence-electron chi connectivity index (χ4n) is 0.293. The van der Waals surface area contributed by atoms with Crippen LogP contribution in [0.15, 0.2) is 37.0 Å². The fourth-order valence-corrected chi connectivity index (χ4v) is 0.293. The largest absolute Gasteiger partial charge is 0.366 e. The summed E-state index contributed by atoms with van der Waals surface area (Å²) in [7, 11) is 0. The molecule has 1 amide bonds. The van der Waals surface area contributed by atoms with Gasteiger partial charge in [0, 0.05) is 6.08 Å². The third kappa shape index (κ3) is 6.69. The Hall–Kier alpha value is -1.31. The van der Waals surface area contributed by atoms with Crippen molar-refractivity contribution >= 4 is 5.91 Å². The summed E-state index contributed by atoms with van der Waals surface area (Å²) in [6.45, 7) is 3.44. The maximum absolute atomic E-state index is 10.0. The predicted molar refractivity (Wildman–Crippen MR) is 37.7 cm³/mol. The molecule has 0 aromatic rings. The zero-order chi connectivity index (χ0) is 7.11. The number of hydrogen-bond acceptors (Lipinski definition) is 1. The summed E-state index contributed by atoms with van der Waals surface area (Å²) in [5.74, 6) is -0.441. The molecule has 0 spiro atoms. The first kappa shape index (κ1) is 7.69. The monoisotopic (exact) mass is 123 g/mol. The van der Waals surface area contributed by atoms with Crippen molar-refractivity contribution < 1.29 is 4.79 Å². The number of hydrogen-bond donors (Lipinski definition) is 1. The zero-order valence-corrected chi connectivity index (χ0v) is 5.08. The highest BCUT2D eigenvalue weighted by Gasteiger charge is 1.75. The van der Waals surface area contributed by atoms with Crippen molar-refractivity contribution in [3.63, 3.8) is 0 Å². The number of carbonyl (C=O) groups excluding carboxylic acids is 1. The van der Waals surface area contributed by atoms with E-state index < -0.39 is 5.91 Å². The molecule has 0 aliphatic carbocycles. The second-order valence-corrected chi connectivity index (χ2v) is 1.38. The lowest BCUT2D eigenvalue weighted by atomic mass is 10.4. The Bertz CT molecular complexity index is 156. The number of rotatable bonds is 3. The van der Waals surface area contributed by atoms with Gasteiger partial charge in [0.15, 0.2) is 0 Å². The molecular formula is C7H9NO. The second-order valence-electron chi connectivity index (χ2n) is 1.38. The van der Waals surface area contributed by atoms with Crippen LogP contribution in [0.3, 0.4) is 0 Å². The Morgan fingerprint density at radius 2 is 2.00 bits per heavy atom. The first-order chi connectivity index (χ1) is 4.27. The minimum atomic E-state index is -0.441. The molecule has 0 saturated heterocycles. The van der Waals surface area contributed by atoms with E-state index in [0.29, 0.717) is 0 Å².